The summed E-state index contributed by atoms with van der Waals surface area (Å²) in [5, 5.41) is 2.89. The van der Waals surface area contributed by atoms with Crippen LogP contribution in [0.3, 0.4) is 0 Å². The largest absolute Gasteiger partial charge is 0.354 e. The Bertz CT molecular complexity index is 257. The second-order valence-corrected chi connectivity index (χ2v) is 5.71. The normalized spacial score (nSPS) is 20.1. The van der Waals surface area contributed by atoms with Crippen molar-refractivity contribution in [3.8, 4) is 0 Å². The van der Waals surface area contributed by atoms with Crippen molar-refractivity contribution < 1.29 is 4.79 Å². The van der Waals surface area contributed by atoms with Crippen LogP contribution >= 0.6 is 24.8 Å². The van der Waals surface area contributed by atoms with Crippen LogP contribution < -0.4 is 11.1 Å². The molecule has 1 unspecified atom stereocenters. The van der Waals surface area contributed by atoms with E-state index in [4.69, 9.17) is 5.73 Å². The van der Waals surface area contributed by atoms with Crippen molar-refractivity contribution in [2.45, 2.75) is 58.0 Å². The predicted molar refractivity (Wildman–Crippen MR) is 85.3 cm³/mol. The molecule has 0 aromatic rings. The Kier molecular flexibility index (Phi) is 11.0. The van der Waals surface area contributed by atoms with Gasteiger partial charge in [-0.15, -0.1) is 24.8 Å². The van der Waals surface area contributed by atoms with Crippen LogP contribution in [-0.4, -0.2) is 42.0 Å². The number of piperidine rings is 1. The van der Waals surface area contributed by atoms with Gasteiger partial charge in [-0.2, -0.15) is 0 Å². The second kappa shape index (κ2) is 9.81. The monoisotopic (exact) mass is 313 g/mol. The van der Waals surface area contributed by atoms with Gasteiger partial charge in [0.1, 0.15) is 0 Å². The molecule has 0 radical (unpaired) electrons. The molecular formula is C13H29Cl2N3O. The van der Waals surface area contributed by atoms with Gasteiger partial charge < -0.3 is 16.0 Å². The average molecular weight is 314 g/mol. The molecule has 0 aromatic carbocycles. The molecule has 0 aromatic heterocycles. The molecule has 1 heterocycles. The topological polar surface area (TPSA) is 58.4 Å². The zero-order valence-corrected chi connectivity index (χ0v) is 13.9. The predicted octanol–water partition coefficient (Wildman–Crippen LogP) is 1.95. The molecule has 4 nitrogen and oxygen atoms in total. The van der Waals surface area contributed by atoms with E-state index in [9.17, 15) is 4.79 Å². The molecule has 1 aliphatic heterocycles. The molecule has 1 rings (SSSR count). The van der Waals surface area contributed by atoms with E-state index in [1.54, 1.807) is 13.8 Å². The minimum absolute atomic E-state index is 0. The summed E-state index contributed by atoms with van der Waals surface area (Å²) < 4.78 is 0. The van der Waals surface area contributed by atoms with Crippen LogP contribution in [0, 0.1) is 0 Å². The van der Waals surface area contributed by atoms with Gasteiger partial charge in [-0.1, -0.05) is 6.42 Å². The number of nitrogens with zero attached hydrogens (tertiary/aromatic N) is 1. The Labute approximate surface area is 129 Å². The van der Waals surface area contributed by atoms with Crippen molar-refractivity contribution in [2.75, 3.05) is 19.6 Å². The maximum atomic E-state index is 11.5. The third-order valence-corrected chi connectivity index (χ3v) is 3.43. The van der Waals surface area contributed by atoms with Crippen LogP contribution in [0.1, 0.15) is 46.5 Å². The Morgan fingerprint density at radius 1 is 1.37 bits per heavy atom. The van der Waals surface area contributed by atoms with Gasteiger partial charge in [0.25, 0.3) is 0 Å². The lowest BCUT2D eigenvalue weighted by Gasteiger charge is -2.33. The van der Waals surface area contributed by atoms with Crippen LogP contribution in [0.5, 0.6) is 0 Å². The fraction of sp³-hybridized carbons (Fsp3) is 0.923. The molecule has 0 bridgehead atoms. The van der Waals surface area contributed by atoms with Crippen LogP contribution in [0.15, 0.2) is 0 Å². The second-order valence-electron chi connectivity index (χ2n) is 5.71. The van der Waals surface area contributed by atoms with Gasteiger partial charge in [-0.3, -0.25) is 4.79 Å². The third-order valence-electron chi connectivity index (χ3n) is 3.43. The molecule has 3 N–H and O–H groups in total. The molecule has 1 fully saturated rings. The SMILES string of the molecule is CC1CCCCN1CCCNC(=O)C(C)(C)N.Cl.Cl. The maximum Gasteiger partial charge on any atom is 0.239 e. The summed E-state index contributed by atoms with van der Waals surface area (Å²) in [6, 6.07) is 0.699. The number of nitrogens with two attached hydrogens (primary N) is 1. The third kappa shape index (κ3) is 7.98. The lowest BCUT2D eigenvalue weighted by atomic mass is 10.0. The van der Waals surface area contributed by atoms with Gasteiger partial charge in [0, 0.05) is 19.1 Å². The first-order valence-electron chi connectivity index (χ1n) is 6.72. The van der Waals surface area contributed by atoms with E-state index in [0.29, 0.717) is 6.04 Å². The molecule has 1 atom stereocenters. The summed E-state index contributed by atoms with van der Waals surface area (Å²) >= 11 is 0. The molecule has 0 saturated carbocycles. The van der Waals surface area contributed by atoms with Crippen LogP contribution in [-0.2, 0) is 4.79 Å². The first-order chi connectivity index (χ1) is 7.91. The molecule has 1 amide bonds. The summed E-state index contributed by atoms with van der Waals surface area (Å²) in [4.78, 5) is 14.0. The number of carbonyl (C=O) groups is 1. The smallest absolute Gasteiger partial charge is 0.239 e. The van der Waals surface area contributed by atoms with Gasteiger partial charge >= 0.3 is 0 Å². The van der Waals surface area contributed by atoms with Gasteiger partial charge in [0.15, 0.2) is 0 Å². The van der Waals surface area contributed by atoms with E-state index < -0.39 is 5.54 Å². The van der Waals surface area contributed by atoms with E-state index in [-0.39, 0.29) is 30.7 Å². The van der Waals surface area contributed by atoms with Crippen molar-refractivity contribution >= 4 is 30.7 Å². The van der Waals surface area contributed by atoms with Crippen LogP contribution in [0.25, 0.3) is 0 Å². The summed E-state index contributed by atoms with van der Waals surface area (Å²) in [6.45, 7) is 8.76. The number of rotatable bonds is 5. The zero-order valence-electron chi connectivity index (χ0n) is 12.3. The number of hydrogen-bond acceptors (Lipinski definition) is 3. The summed E-state index contributed by atoms with van der Waals surface area (Å²) in [5.74, 6) is -0.0656. The van der Waals surface area contributed by atoms with Gasteiger partial charge in [0.2, 0.25) is 5.91 Å². The number of halogens is 2. The standard InChI is InChI=1S/C13H27N3O.2ClH/c1-11-7-4-5-9-16(11)10-6-8-15-12(17)13(2,3)14;;/h11H,4-10,14H2,1-3H3,(H,15,17);2*1H. The number of amides is 1. The number of nitrogens with one attached hydrogen (secondary N) is 1. The molecule has 1 aliphatic rings. The van der Waals surface area contributed by atoms with E-state index in [1.807, 2.05) is 0 Å². The van der Waals surface area contributed by atoms with E-state index in [1.165, 1.54) is 25.8 Å². The van der Waals surface area contributed by atoms with Crippen molar-refractivity contribution in [2.24, 2.45) is 5.73 Å². The van der Waals surface area contributed by atoms with E-state index >= 15 is 0 Å². The quantitative estimate of drug-likeness (QED) is 0.763. The van der Waals surface area contributed by atoms with Gasteiger partial charge in [-0.25, -0.2) is 0 Å². The molecule has 6 heteroatoms. The average Bonchev–Trinajstić information content (AvgIpc) is 2.25. The van der Waals surface area contributed by atoms with Crippen LogP contribution in [0.2, 0.25) is 0 Å². The summed E-state index contributed by atoms with van der Waals surface area (Å²) in [5.41, 5.74) is 4.94. The Hall–Kier alpha value is -0.0300. The Balaban J connectivity index is 0. The maximum absolute atomic E-state index is 11.5. The summed E-state index contributed by atoms with van der Waals surface area (Å²) in [7, 11) is 0. The minimum Gasteiger partial charge on any atom is -0.354 e. The fourth-order valence-corrected chi connectivity index (χ4v) is 2.20. The molecule has 1 saturated heterocycles. The van der Waals surface area contributed by atoms with E-state index in [2.05, 4.69) is 17.1 Å². The minimum atomic E-state index is -0.765. The first-order valence-corrected chi connectivity index (χ1v) is 6.72. The van der Waals surface area contributed by atoms with Crippen LogP contribution in [0.4, 0.5) is 0 Å². The van der Waals surface area contributed by atoms with Gasteiger partial charge in [0.05, 0.1) is 5.54 Å². The number of carbonyl (C=O) groups excluding carboxylic acids is 1. The van der Waals surface area contributed by atoms with Gasteiger partial charge in [-0.05, 0) is 46.6 Å². The van der Waals surface area contributed by atoms with Crippen molar-refractivity contribution in [1.29, 1.82) is 0 Å². The highest BCUT2D eigenvalue weighted by atomic mass is 35.5. The highest BCUT2D eigenvalue weighted by molar-refractivity contribution is 5.85. The lowest BCUT2D eigenvalue weighted by Crippen LogP contribution is -2.49. The molecule has 19 heavy (non-hydrogen) atoms. The lowest BCUT2D eigenvalue weighted by molar-refractivity contribution is -0.125. The van der Waals surface area contributed by atoms with Crippen molar-refractivity contribution in [3.63, 3.8) is 0 Å². The Morgan fingerprint density at radius 3 is 2.53 bits per heavy atom. The Morgan fingerprint density at radius 2 is 2.00 bits per heavy atom. The summed E-state index contributed by atoms with van der Waals surface area (Å²) in [6.07, 6.45) is 4.98. The highest BCUT2D eigenvalue weighted by Gasteiger charge is 2.21. The first kappa shape index (κ1) is 21.3. The molecule has 116 valence electrons. The number of hydrogen-bond donors (Lipinski definition) is 2. The molecule has 0 spiro atoms. The number of likely N-dealkylation sites (tertiary alicyclic amines) is 1. The van der Waals surface area contributed by atoms with Crippen molar-refractivity contribution in [3.05, 3.63) is 0 Å². The highest BCUT2D eigenvalue weighted by Crippen LogP contribution is 2.16. The molecule has 0 aliphatic carbocycles. The zero-order chi connectivity index (χ0) is 12.9. The van der Waals surface area contributed by atoms with Crippen molar-refractivity contribution in [1.82, 2.24) is 10.2 Å². The fourth-order valence-electron chi connectivity index (χ4n) is 2.20. The molecular weight excluding hydrogens is 285 g/mol. The van der Waals surface area contributed by atoms with E-state index in [0.717, 1.165) is 19.5 Å².